The molecule has 0 aliphatic carbocycles. The summed E-state index contributed by atoms with van der Waals surface area (Å²) < 4.78 is 38.3. The minimum absolute atomic E-state index is 0.0451. The lowest BCUT2D eigenvalue weighted by Crippen LogP contribution is -2.48. The Labute approximate surface area is 125 Å². The van der Waals surface area contributed by atoms with Crippen LogP contribution in [-0.2, 0) is 4.79 Å². The zero-order valence-electron chi connectivity index (χ0n) is 11.9. The molecule has 0 saturated heterocycles. The molecule has 22 heavy (non-hydrogen) atoms. The van der Waals surface area contributed by atoms with E-state index in [4.69, 9.17) is 10.5 Å². The Morgan fingerprint density at radius 2 is 1.91 bits per heavy atom. The molecule has 0 radical (unpaired) electrons. The van der Waals surface area contributed by atoms with Gasteiger partial charge < -0.3 is 10.2 Å². The van der Waals surface area contributed by atoms with Crippen molar-refractivity contribution >= 4 is 11.6 Å². The first-order valence-corrected chi connectivity index (χ1v) is 6.22. The second-order valence-corrected chi connectivity index (χ2v) is 4.49. The van der Waals surface area contributed by atoms with Gasteiger partial charge in [0.1, 0.15) is 24.7 Å². The van der Waals surface area contributed by atoms with Crippen molar-refractivity contribution in [2.45, 2.75) is 19.1 Å². The molecule has 1 atom stereocenters. The number of likely N-dealkylation sites (N-methyl/N-ethyl adjacent to an activating group) is 1. The summed E-state index contributed by atoms with van der Waals surface area (Å²) >= 11 is 0. The van der Waals surface area contributed by atoms with Crippen molar-refractivity contribution in [3.8, 4) is 12.1 Å². The second kappa shape index (κ2) is 6.81. The average Bonchev–Trinajstić information content (AvgIpc) is 2.49. The van der Waals surface area contributed by atoms with E-state index >= 15 is 0 Å². The van der Waals surface area contributed by atoms with Gasteiger partial charge in [-0.25, -0.2) is 0 Å². The summed E-state index contributed by atoms with van der Waals surface area (Å²) in [5, 5.41) is 20.1. The molecule has 1 aromatic rings. The average molecular weight is 310 g/mol. The van der Waals surface area contributed by atoms with Gasteiger partial charge in [-0.3, -0.25) is 4.79 Å². The molecular formula is C14H13F3N4O. The SMILES string of the molecule is CNC(=O)C(C)N(CC(F)(F)F)c1ccc(C#N)c(C#N)c1. The van der Waals surface area contributed by atoms with E-state index in [2.05, 4.69) is 5.32 Å². The van der Waals surface area contributed by atoms with Gasteiger partial charge in [-0.05, 0) is 25.1 Å². The molecule has 1 unspecified atom stereocenters. The number of anilines is 1. The number of nitriles is 2. The number of hydrogen-bond acceptors (Lipinski definition) is 4. The summed E-state index contributed by atoms with van der Waals surface area (Å²) in [6.45, 7) is -0.0207. The highest BCUT2D eigenvalue weighted by Crippen LogP contribution is 2.26. The molecule has 1 N–H and O–H groups in total. The number of hydrogen-bond donors (Lipinski definition) is 1. The number of nitrogens with zero attached hydrogens (tertiary/aromatic N) is 3. The van der Waals surface area contributed by atoms with Crippen LogP contribution in [0.15, 0.2) is 18.2 Å². The van der Waals surface area contributed by atoms with Gasteiger partial charge in [0, 0.05) is 12.7 Å². The Kier molecular flexibility index (Phi) is 5.36. The van der Waals surface area contributed by atoms with Crippen molar-refractivity contribution in [3.05, 3.63) is 29.3 Å². The molecule has 8 heteroatoms. The highest BCUT2D eigenvalue weighted by Gasteiger charge is 2.35. The van der Waals surface area contributed by atoms with Crippen LogP contribution in [0.5, 0.6) is 0 Å². The topological polar surface area (TPSA) is 79.9 Å². The lowest BCUT2D eigenvalue weighted by molar-refractivity contribution is -0.126. The molecule has 5 nitrogen and oxygen atoms in total. The quantitative estimate of drug-likeness (QED) is 0.921. The Morgan fingerprint density at radius 1 is 1.32 bits per heavy atom. The Bertz CT molecular complexity index is 643. The van der Waals surface area contributed by atoms with E-state index < -0.39 is 24.7 Å². The molecule has 0 spiro atoms. The first kappa shape index (κ1) is 17.3. The van der Waals surface area contributed by atoms with Gasteiger partial charge in [0.25, 0.3) is 0 Å². The van der Waals surface area contributed by atoms with Gasteiger partial charge in [0.05, 0.1) is 11.1 Å². The van der Waals surface area contributed by atoms with Crippen molar-refractivity contribution in [2.24, 2.45) is 0 Å². The molecule has 0 aliphatic rings. The molecular weight excluding hydrogens is 297 g/mol. The van der Waals surface area contributed by atoms with Crippen LogP contribution in [0.3, 0.4) is 0 Å². The molecule has 1 aromatic carbocycles. The summed E-state index contributed by atoms with van der Waals surface area (Å²) in [6, 6.07) is 6.16. The lowest BCUT2D eigenvalue weighted by Gasteiger charge is -2.31. The number of carbonyl (C=O) groups is 1. The van der Waals surface area contributed by atoms with Crippen LogP contribution in [0.25, 0.3) is 0 Å². The van der Waals surface area contributed by atoms with E-state index in [1.807, 2.05) is 0 Å². The maximum Gasteiger partial charge on any atom is 0.405 e. The van der Waals surface area contributed by atoms with Gasteiger partial charge in [-0.1, -0.05) is 0 Å². The first-order valence-electron chi connectivity index (χ1n) is 6.22. The molecule has 0 saturated carbocycles. The maximum absolute atomic E-state index is 12.8. The molecule has 0 heterocycles. The largest absolute Gasteiger partial charge is 0.405 e. The van der Waals surface area contributed by atoms with E-state index in [-0.39, 0.29) is 16.8 Å². The van der Waals surface area contributed by atoms with Gasteiger partial charge in [-0.2, -0.15) is 23.7 Å². The summed E-state index contributed by atoms with van der Waals surface area (Å²) in [4.78, 5) is 12.5. The standard InChI is InChI=1S/C14H13F3N4O/c1-9(13(22)20-2)21(8-14(15,16)17)12-4-3-10(6-18)11(5-12)7-19/h3-5,9H,8H2,1-2H3,(H,20,22). The lowest BCUT2D eigenvalue weighted by atomic mass is 10.1. The molecule has 116 valence electrons. The Hall–Kier alpha value is -2.74. The summed E-state index contributed by atoms with van der Waals surface area (Å²) in [5.41, 5.74) is 0.0612. The summed E-state index contributed by atoms with van der Waals surface area (Å²) in [6.07, 6.45) is -4.52. The van der Waals surface area contributed by atoms with Crippen molar-refractivity contribution in [3.63, 3.8) is 0 Å². The molecule has 1 rings (SSSR count). The van der Waals surface area contributed by atoms with Crippen LogP contribution in [0.4, 0.5) is 18.9 Å². The van der Waals surface area contributed by atoms with Crippen LogP contribution in [0.2, 0.25) is 0 Å². The van der Waals surface area contributed by atoms with E-state index in [0.29, 0.717) is 0 Å². The van der Waals surface area contributed by atoms with E-state index in [0.717, 1.165) is 4.90 Å². The molecule has 0 aliphatic heterocycles. The zero-order chi connectivity index (χ0) is 16.9. The first-order chi connectivity index (χ1) is 10.2. The fourth-order valence-electron chi connectivity index (χ4n) is 1.90. The number of benzene rings is 1. The van der Waals surface area contributed by atoms with Gasteiger partial charge in [0.15, 0.2) is 0 Å². The predicted molar refractivity (Wildman–Crippen MR) is 72.8 cm³/mol. The van der Waals surface area contributed by atoms with Crippen molar-refractivity contribution in [1.82, 2.24) is 5.32 Å². The predicted octanol–water partition coefficient (Wildman–Crippen LogP) is 1.93. The third kappa shape index (κ3) is 4.13. The van der Waals surface area contributed by atoms with E-state index in [1.54, 1.807) is 12.1 Å². The molecule has 0 fully saturated rings. The van der Waals surface area contributed by atoms with Crippen LogP contribution in [-0.4, -0.2) is 31.7 Å². The minimum Gasteiger partial charge on any atom is -0.357 e. The third-order valence-corrected chi connectivity index (χ3v) is 3.02. The number of amides is 1. The highest BCUT2D eigenvalue weighted by atomic mass is 19.4. The number of alkyl halides is 3. The van der Waals surface area contributed by atoms with Gasteiger partial charge in [0.2, 0.25) is 5.91 Å². The van der Waals surface area contributed by atoms with E-state index in [1.165, 1.54) is 32.2 Å². The van der Waals surface area contributed by atoms with Crippen LogP contribution >= 0.6 is 0 Å². The summed E-state index contributed by atoms with van der Waals surface area (Å²) in [7, 11) is 1.32. The van der Waals surface area contributed by atoms with Crippen LogP contribution < -0.4 is 10.2 Å². The van der Waals surface area contributed by atoms with Crippen molar-refractivity contribution < 1.29 is 18.0 Å². The molecule has 0 aromatic heterocycles. The second-order valence-electron chi connectivity index (χ2n) is 4.49. The smallest absolute Gasteiger partial charge is 0.357 e. The number of rotatable bonds is 4. The minimum atomic E-state index is -4.52. The number of nitrogens with one attached hydrogen (secondary N) is 1. The zero-order valence-corrected chi connectivity index (χ0v) is 11.9. The summed E-state index contributed by atoms with van der Waals surface area (Å²) in [5.74, 6) is -0.591. The maximum atomic E-state index is 12.8. The van der Waals surface area contributed by atoms with Gasteiger partial charge >= 0.3 is 6.18 Å². The van der Waals surface area contributed by atoms with Crippen LogP contribution in [0.1, 0.15) is 18.1 Å². The third-order valence-electron chi connectivity index (χ3n) is 3.02. The monoisotopic (exact) mass is 310 g/mol. The van der Waals surface area contributed by atoms with Crippen molar-refractivity contribution in [1.29, 1.82) is 10.5 Å². The fourth-order valence-corrected chi connectivity index (χ4v) is 1.90. The van der Waals surface area contributed by atoms with Crippen LogP contribution in [0, 0.1) is 22.7 Å². The molecule has 1 amide bonds. The molecule has 0 bridgehead atoms. The highest BCUT2D eigenvalue weighted by molar-refractivity contribution is 5.84. The Morgan fingerprint density at radius 3 is 2.36 bits per heavy atom. The normalized spacial score (nSPS) is 12.0. The number of carbonyl (C=O) groups excluding carboxylic acids is 1. The van der Waals surface area contributed by atoms with Gasteiger partial charge in [-0.15, -0.1) is 0 Å². The van der Waals surface area contributed by atoms with Crippen molar-refractivity contribution in [2.75, 3.05) is 18.5 Å². The van der Waals surface area contributed by atoms with E-state index in [9.17, 15) is 18.0 Å². The Balaban J connectivity index is 3.31. The fraction of sp³-hybridized carbons (Fsp3) is 0.357. The number of halogens is 3.